The van der Waals surface area contributed by atoms with Crippen LogP contribution in [0.25, 0.3) is 0 Å². The highest BCUT2D eigenvalue weighted by Crippen LogP contribution is 1.55. The normalized spacial score (nSPS) is 7.44. The van der Waals surface area contributed by atoms with Crippen LogP contribution < -0.4 is 5.32 Å². The van der Waals surface area contributed by atoms with Gasteiger partial charge < -0.3 is 10.2 Å². The third kappa shape index (κ3) is 19.6. The zero-order valence-corrected chi connectivity index (χ0v) is 5.92. The molecule has 54 valence electrons. The molecule has 0 bridgehead atoms. The van der Waals surface area contributed by atoms with Crippen LogP contribution in [0.3, 0.4) is 0 Å². The Morgan fingerprint density at radius 3 is 2.44 bits per heavy atom. The molecule has 0 aliphatic heterocycles. The Hall–Kier alpha value is -1.06. The number of nitrogens with one attached hydrogen (secondary N) is 1. The van der Waals surface area contributed by atoms with Crippen LogP contribution in [0.4, 0.5) is 0 Å². The first-order valence-electron chi connectivity index (χ1n) is 2.66. The van der Waals surface area contributed by atoms with Gasteiger partial charge in [-0.15, -0.1) is 0 Å². The molecule has 0 saturated carbocycles. The Balaban J connectivity index is 0. The summed E-state index contributed by atoms with van der Waals surface area (Å²) in [6, 6.07) is 0. The van der Waals surface area contributed by atoms with Crippen LogP contribution in [0.1, 0.15) is 13.8 Å². The minimum Gasteiger partial charge on any atom is -0.398 e. The molecule has 0 fully saturated rings. The van der Waals surface area contributed by atoms with Crippen LogP contribution in [-0.2, 0) is 9.63 Å². The van der Waals surface area contributed by atoms with E-state index in [1.54, 1.807) is 0 Å². The lowest BCUT2D eigenvalue weighted by atomic mass is 11.0. The number of nitrogens with zero attached hydrogens (tertiary/aromatic N) is 1. The molecule has 4 nitrogen and oxygen atoms in total. The second-order valence-electron chi connectivity index (χ2n) is 0.702. The summed E-state index contributed by atoms with van der Waals surface area (Å²) in [6.45, 7) is 4.00. The number of hydrogen-bond acceptors (Lipinski definition) is 3. The summed E-state index contributed by atoms with van der Waals surface area (Å²) in [7, 11) is 1.39. The fourth-order valence-corrected chi connectivity index (χ4v) is 0.114. The second kappa shape index (κ2) is 15.8. The fourth-order valence-electron chi connectivity index (χ4n) is 0.114. The van der Waals surface area contributed by atoms with Gasteiger partial charge in [0.1, 0.15) is 13.4 Å². The summed E-state index contributed by atoms with van der Waals surface area (Å²) >= 11 is 0. The van der Waals surface area contributed by atoms with Crippen LogP contribution >= 0.6 is 0 Å². The molecule has 9 heavy (non-hydrogen) atoms. The van der Waals surface area contributed by atoms with Gasteiger partial charge in [-0.1, -0.05) is 19.0 Å². The molecule has 0 heterocycles. The van der Waals surface area contributed by atoms with E-state index in [0.29, 0.717) is 6.41 Å². The molecule has 0 unspecified atom stereocenters. The third-order valence-corrected chi connectivity index (χ3v) is 0.301. The highest BCUT2D eigenvalue weighted by molar-refractivity contribution is 5.70. The zero-order chi connectivity index (χ0) is 7.54. The molecule has 0 aromatic carbocycles. The first-order chi connectivity index (χ1) is 4.41. The van der Waals surface area contributed by atoms with Crippen molar-refractivity contribution in [2.75, 3.05) is 7.11 Å². The highest BCUT2D eigenvalue weighted by atomic mass is 16.6. The predicted octanol–water partition coefficient (Wildman–Crippen LogP) is 0.348. The standard InChI is InChI=1S/C3H6N2O2.C2H6/c1-7-5-2-4-3-6;1-2/h2-3H,1H3,(H,4,5,6);1-2H3. The number of amides is 1. The first-order valence-corrected chi connectivity index (χ1v) is 2.66. The van der Waals surface area contributed by atoms with Crippen molar-refractivity contribution in [1.29, 1.82) is 0 Å². The number of carbonyl (C=O) groups is 1. The van der Waals surface area contributed by atoms with Gasteiger partial charge in [0.25, 0.3) is 0 Å². The van der Waals surface area contributed by atoms with Crippen molar-refractivity contribution in [3.05, 3.63) is 0 Å². The molecule has 0 aromatic heterocycles. The van der Waals surface area contributed by atoms with Crippen molar-refractivity contribution in [1.82, 2.24) is 5.32 Å². The zero-order valence-electron chi connectivity index (χ0n) is 5.92. The number of carbonyl (C=O) groups excluding carboxylic acids is 1. The molecule has 0 saturated heterocycles. The average molecular weight is 132 g/mol. The summed E-state index contributed by atoms with van der Waals surface area (Å²) in [5, 5.41) is 5.35. The highest BCUT2D eigenvalue weighted by Gasteiger charge is 1.62. The molecule has 0 atom stereocenters. The molecular weight excluding hydrogens is 120 g/mol. The maximum Gasteiger partial charge on any atom is 0.212 e. The lowest BCUT2D eigenvalue weighted by Gasteiger charge is -1.81. The quantitative estimate of drug-likeness (QED) is 0.261. The van der Waals surface area contributed by atoms with Crippen molar-refractivity contribution < 1.29 is 9.63 Å². The lowest BCUT2D eigenvalue weighted by molar-refractivity contribution is -0.108. The summed E-state index contributed by atoms with van der Waals surface area (Å²) < 4.78 is 0. The van der Waals surface area contributed by atoms with Gasteiger partial charge >= 0.3 is 0 Å². The molecule has 0 aromatic rings. The lowest BCUT2D eigenvalue weighted by Crippen LogP contribution is -2.06. The van der Waals surface area contributed by atoms with E-state index in [4.69, 9.17) is 0 Å². The summed E-state index contributed by atoms with van der Waals surface area (Å²) in [6.07, 6.45) is 1.65. The molecule has 0 aliphatic carbocycles. The van der Waals surface area contributed by atoms with E-state index in [2.05, 4.69) is 15.3 Å². The van der Waals surface area contributed by atoms with E-state index in [9.17, 15) is 4.79 Å². The Kier molecular flexibility index (Phi) is 19.0. The Bertz CT molecular complexity index is 73.4. The van der Waals surface area contributed by atoms with Crippen molar-refractivity contribution in [3.8, 4) is 0 Å². The molecule has 0 spiro atoms. The molecule has 1 N–H and O–H groups in total. The minimum atomic E-state index is 0.502. The van der Waals surface area contributed by atoms with Gasteiger partial charge in [0.15, 0.2) is 0 Å². The van der Waals surface area contributed by atoms with Crippen LogP contribution in [0.2, 0.25) is 0 Å². The predicted molar refractivity (Wildman–Crippen MR) is 36.0 cm³/mol. The molecular formula is C5H12N2O2. The van der Waals surface area contributed by atoms with Gasteiger partial charge in [0.05, 0.1) is 0 Å². The largest absolute Gasteiger partial charge is 0.398 e. The monoisotopic (exact) mass is 132 g/mol. The summed E-state index contributed by atoms with van der Waals surface area (Å²) in [4.78, 5) is 13.6. The van der Waals surface area contributed by atoms with Gasteiger partial charge in [0, 0.05) is 0 Å². The number of oxime groups is 1. The van der Waals surface area contributed by atoms with E-state index in [1.807, 2.05) is 13.8 Å². The van der Waals surface area contributed by atoms with E-state index in [1.165, 1.54) is 7.11 Å². The number of rotatable bonds is 3. The molecule has 0 radical (unpaired) electrons. The maximum absolute atomic E-state index is 9.42. The molecule has 1 amide bonds. The molecule has 0 aliphatic rings. The van der Waals surface area contributed by atoms with Crippen LogP contribution in [0.5, 0.6) is 0 Å². The van der Waals surface area contributed by atoms with Crippen molar-refractivity contribution in [2.45, 2.75) is 13.8 Å². The number of hydrogen-bond donors (Lipinski definition) is 1. The van der Waals surface area contributed by atoms with Gasteiger partial charge in [-0.05, 0) is 0 Å². The van der Waals surface area contributed by atoms with Crippen molar-refractivity contribution >= 4 is 12.7 Å². The summed E-state index contributed by atoms with van der Waals surface area (Å²) in [5.74, 6) is 0. The third-order valence-electron chi connectivity index (χ3n) is 0.301. The van der Waals surface area contributed by atoms with Gasteiger partial charge in [-0.3, -0.25) is 4.79 Å². The van der Waals surface area contributed by atoms with Gasteiger partial charge in [0.2, 0.25) is 6.41 Å². The smallest absolute Gasteiger partial charge is 0.212 e. The van der Waals surface area contributed by atoms with E-state index < -0.39 is 0 Å². The summed E-state index contributed by atoms with van der Waals surface area (Å²) in [5.41, 5.74) is 0. The topological polar surface area (TPSA) is 50.7 Å². The van der Waals surface area contributed by atoms with Crippen LogP contribution in [0.15, 0.2) is 5.16 Å². The fraction of sp³-hybridized carbons (Fsp3) is 0.600. The van der Waals surface area contributed by atoms with E-state index in [-0.39, 0.29) is 0 Å². The first kappa shape index (κ1) is 10.8. The van der Waals surface area contributed by atoms with Crippen LogP contribution in [0, 0.1) is 0 Å². The molecule has 0 rings (SSSR count). The maximum atomic E-state index is 9.42. The SMILES string of the molecule is CC.CO/N=C/NC=O. The van der Waals surface area contributed by atoms with Gasteiger partial charge in [-0.2, -0.15) is 0 Å². The Labute approximate surface area is 54.9 Å². The van der Waals surface area contributed by atoms with Crippen molar-refractivity contribution in [3.63, 3.8) is 0 Å². The Morgan fingerprint density at radius 2 is 2.11 bits per heavy atom. The van der Waals surface area contributed by atoms with Crippen molar-refractivity contribution in [2.24, 2.45) is 5.16 Å². The Morgan fingerprint density at radius 1 is 1.56 bits per heavy atom. The minimum absolute atomic E-state index is 0.502. The van der Waals surface area contributed by atoms with Crippen LogP contribution in [-0.4, -0.2) is 19.9 Å². The average Bonchev–Trinajstić information content (AvgIpc) is 1.94. The second-order valence-corrected chi connectivity index (χ2v) is 0.702. The molecule has 4 heteroatoms. The van der Waals surface area contributed by atoms with E-state index >= 15 is 0 Å². The van der Waals surface area contributed by atoms with E-state index in [0.717, 1.165) is 6.34 Å². The van der Waals surface area contributed by atoms with Gasteiger partial charge in [-0.25, -0.2) is 0 Å².